The zero-order chi connectivity index (χ0) is 12.4. The summed E-state index contributed by atoms with van der Waals surface area (Å²) in [6, 6.07) is 17.9. The lowest BCUT2D eigenvalue weighted by Crippen LogP contribution is -1.90. The lowest BCUT2D eigenvalue weighted by Gasteiger charge is -2.01. The molecule has 0 aliphatic heterocycles. The number of nitrogens with zero attached hydrogens (tertiary/aromatic N) is 1. The summed E-state index contributed by atoms with van der Waals surface area (Å²) >= 11 is 0. The van der Waals surface area contributed by atoms with Crippen molar-refractivity contribution in [2.45, 2.75) is 6.42 Å². The van der Waals surface area contributed by atoms with Gasteiger partial charge in [-0.25, -0.2) is 0 Å². The third kappa shape index (κ3) is 1.76. The molecule has 0 amide bonds. The van der Waals surface area contributed by atoms with Crippen molar-refractivity contribution in [1.29, 1.82) is 5.26 Å². The van der Waals surface area contributed by atoms with E-state index in [0.717, 1.165) is 22.1 Å². The molecule has 2 nitrogen and oxygen atoms in total. The summed E-state index contributed by atoms with van der Waals surface area (Å²) in [4.78, 5) is 0. The summed E-state index contributed by atoms with van der Waals surface area (Å²) in [5.74, 6) is 0.910. The fourth-order valence-corrected chi connectivity index (χ4v) is 2.15. The molecule has 0 N–H and O–H groups in total. The van der Waals surface area contributed by atoms with Crippen LogP contribution >= 0.6 is 0 Å². The molecule has 1 heterocycles. The quantitative estimate of drug-likeness (QED) is 0.673. The minimum atomic E-state index is 0.650. The van der Waals surface area contributed by atoms with Crippen LogP contribution in [0.1, 0.15) is 16.9 Å². The number of benzene rings is 2. The van der Waals surface area contributed by atoms with E-state index in [1.54, 1.807) is 6.26 Å². The largest absolute Gasteiger partial charge is 0.468 e. The van der Waals surface area contributed by atoms with E-state index in [9.17, 15) is 0 Å². The van der Waals surface area contributed by atoms with Gasteiger partial charge in [-0.2, -0.15) is 5.26 Å². The van der Waals surface area contributed by atoms with Gasteiger partial charge in [-0.15, -0.1) is 0 Å². The van der Waals surface area contributed by atoms with Gasteiger partial charge in [-0.05, 0) is 11.6 Å². The lowest BCUT2D eigenvalue weighted by molar-refractivity contribution is 0.526. The maximum absolute atomic E-state index is 9.08. The first-order chi connectivity index (χ1) is 8.88. The summed E-state index contributed by atoms with van der Waals surface area (Å²) in [6.07, 6.45) is 2.41. The second-order valence-electron chi connectivity index (χ2n) is 4.19. The van der Waals surface area contributed by atoms with Gasteiger partial charge in [0.1, 0.15) is 5.76 Å². The zero-order valence-electron chi connectivity index (χ0n) is 9.76. The van der Waals surface area contributed by atoms with E-state index < -0.39 is 0 Å². The minimum absolute atomic E-state index is 0.650. The van der Waals surface area contributed by atoms with E-state index >= 15 is 0 Å². The number of rotatable bonds is 2. The molecule has 0 bridgehead atoms. The van der Waals surface area contributed by atoms with Gasteiger partial charge < -0.3 is 4.42 Å². The van der Waals surface area contributed by atoms with Gasteiger partial charge in [-0.1, -0.05) is 42.5 Å². The fourth-order valence-electron chi connectivity index (χ4n) is 2.15. The van der Waals surface area contributed by atoms with E-state index in [1.165, 1.54) is 0 Å². The van der Waals surface area contributed by atoms with Crippen LogP contribution in [-0.2, 0) is 6.42 Å². The predicted octanol–water partition coefficient (Wildman–Crippen LogP) is 3.90. The molecule has 86 valence electrons. The van der Waals surface area contributed by atoms with E-state index in [4.69, 9.17) is 9.68 Å². The van der Waals surface area contributed by atoms with Crippen molar-refractivity contribution < 1.29 is 4.42 Å². The highest BCUT2D eigenvalue weighted by Gasteiger charge is 2.08. The van der Waals surface area contributed by atoms with Crippen molar-refractivity contribution in [3.63, 3.8) is 0 Å². The van der Waals surface area contributed by atoms with Crippen LogP contribution in [0.3, 0.4) is 0 Å². The number of hydrogen-bond donors (Lipinski definition) is 0. The van der Waals surface area contributed by atoms with Crippen LogP contribution < -0.4 is 0 Å². The molecule has 3 rings (SSSR count). The lowest BCUT2D eigenvalue weighted by atomic mass is 10.0. The van der Waals surface area contributed by atoms with Crippen LogP contribution in [0.25, 0.3) is 10.8 Å². The first-order valence-corrected chi connectivity index (χ1v) is 5.81. The van der Waals surface area contributed by atoms with Gasteiger partial charge in [0, 0.05) is 17.2 Å². The average molecular weight is 233 g/mol. The molecule has 18 heavy (non-hydrogen) atoms. The van der Waals surface area contributed by atoms with Gasteiger partial charge in [0.05, 0.1) is 17.9 Å². The summed E-state index contributed by atoms with van der Waals surface area (Å²) in [5, 5.41) is 11.3. The fraction of sp³-hybridized carbons (Fsp3) is 0.0625. The molecule has 1 aromatic heterocycles. The Bertz CT molecular complexity index is 734. The smallest absolute Gasteiger partial charge is 0.116 e. The van der Waals surface area contributed by atoms with Crippen LogP contribution in [0, 0.1) is 11.3 Å². The molecule has 0 radical (unpaired) electrons. The van der Waals surface area contributed by atoms with Crippen molar-refractivity contribution in [2.75, 3.05) is 0 Å². The van der Waals surface area contributed by atoms with Crippen LogP contribution in [0.5, 0.6) is 0 Å². The van der Waals surface area contributed by atoms with Gasteiger partial charge in [-0.3, -0.25) is 0 Å². The Hall–Kier alpha value is -2.53. The zero-order valence-corrected chi connectivity index (χ0v) is 9.76. The monoisotopic (exact) mass is 233 g/mol. The molecule has 0 unspecified atom stereocenters. The standard InChI is InChI=1S/C16H11NO/c17-10-13-6-2-1-5-12(13)9-16-15-8-4-3-7-14(15)11-18-16/h1-8,11H,9H2. The maximum atomic E-state index is 9.08. The SMILES string of the molecule is N#Cc1ccccc1Cc1occ2ccccc12. The van der Waals surface area contributed by atoms with Crippen molar-refractivity contribution in [2.24, 2.45) is 0 Å². The first-order valence-electron chi connectivity index (χ1n) is 5.81. The Kier molecular flexibility index (Phi) is 2.59. The van der Waals surface area contributed by atoms with Crippen molar-refractivity contribution in [1.82, 2.24) is 0 Å². The molecule has 0 aliphatic rings. The molecular formula is C16H11NO. The molecular weight excluding hydrogens is 222 g/mol. The summed E-state index contributed by atoms with van der Waals surface area (Å²) in [7, 11) is 0. The highest BCUT2D eigenvalue weighted by Crippen LogP contribution is 2.24. The first kappa shape index (κ1) is 10.6. The number of nitriles is 1. The van der Waals surface area contributed by atoms with E-state index in [2.05, 4.69) is 6.07 Å². The van der Waals surface area contributed by atoms with Crippen LogP contribution in [0.2, 0.25) is 0 Å². The third-order valence-electron chi connectivity index (χ3n) is 3.08. The Morgan fingerprint density at radius 2 is 1.78 bits per heavy atom. The normalized spacial score (nSPS) is 10.4. The number of furan rings is 1. The van der Waals surface area contributed by atoms with Gasteiger partial charge in [0.25, 0.3) is 0 Å². The molecule has 0 fully saturated rings. The third-order valence-corrected chi connectivity index (χ3v) is 3.08. The van der Waals surface area contributed by atoms with Crippen LogP contribution in [0.15, 0.2) is 59.2 Å². The van der Waals surface area contributed by atoms with E-state index in [1.807, 2.05) is 48.5 Å². The van der Waals surface area contributed by atoms with Crippen LogP contribution in [0.4, 0.5) is 0 Å². The molecule has 0 aliphatic carbocycles. The molecule has 0 saturated carbocycles. The Morgan fingerprint density at radius 1 is 1.00 bits per heavy atom. The van der Waals surface area contributed by atoms with E-state index in [-0.39, 0.29) is 0 Å². The predicted molar refractivity (Wildman–Crippen MR) is 70.2 cm³/mol. The second kappa shape index (κ2) is 4.38. The molecule has 2 heteroatoms. The Morgan fingerprint density at radius 3 is 2.67 bits per heavy atom. The van der Waals surface area contributed by atoms with Gasteiger partial charge in [0.15, 0.2) is 0 Å². The molecule has 0 spiro atoms. The highest BCUT2D eigenvalue weighted by atomic mass is 16.3. The van der Waals surface area contributed by atoms with Crippen molar-refractivity contribution in [3.05, 3.63) is 71.7 Å². The van der Waals surface area contributed by atoms with Gasteiger partial charge >= 0.3 is 0 Å². The average Bonchev–Trinajstić information content (AvgIpc) is 2.83. The Labute approximate surface area is 105 Å². The second-order valence-corrected chi connectivity index (χ2v) is 4.19. The summed E-state index contributed by atoms with van der Waals surface area (Å²) in [6.45, 7) is 0. The van der Waals surface area contributed by atoms with Crippen molar-refractivity contribution in [3.8, 4) is 6.07 Å². The summed E-state index contributed by atoms with van der Waals surface area (Å²) < 4.78 is 5.61. The Balaban J connectivity index is 2.05. The topological polar surface area (TPSA) is 36.9 Å². The van der Waals surface area contributed by atoms with Gasteiger partial charge in [0.2, 0.25) is 0 Å². The summed E-state index contributed by atoms with van der Waals surface area (Å²) in [5.41, 5.74) is 1.71. The molecule has 0 atom stereocenters. The number of fused-ring (bicyclic) bond motifs is 1. The number of hydrogen-bond acceptors (Lipinski definition) is 2. The minimum Gasteiger partial charge on any atom is -0.468 e. The highest BCUT2D eigenvalue weighted by molar-refractivity contribution is 5.84. The van der Waals surface area contributed by atoms with Crippen LogP contribution in [-0.4, -0.2) is 0 Å². The van der Waals surface area contributed by atoms with Crippen molar-refractivity contribution >= 4 is 10.8 Å². The molecule has 2 aromatic carbocycles. The molecule has 0 saturated heterocycles. The van der Waals surface area contributed by atoms with E-state index in [0.29, 0.717) is 12.0 Å². The maximum Gasteiger partial charge on any atom is 0.116 e. The molecule has 3 aromatic rings.